The van der Waals surface area contributed by atoms with Crippen molar-refractivity contribution in [1.29, 1.82) is 0 Å². The predicted octanol–water partition coefficient (Wildman–Crippen LogP) is 4.55. The second kappa shape index (κ2) is 8.44. The number of carbonyl (C=O) groups is 2. The number of thiophene rings is 2. The second-order valence-electron chi connectivity index (χ2n) is 6.92. The normalized spacial score (nSPS) is 10.9. The van der Waals surface area contributed by atoms with Crippen LogP contribution in [0.25, 0.3) is 16.5 Å². The number of benzene rings is 1. The number of esters is 1. The number of hydrogen-bond acceptors (Lipinski definition) is 7. The van der Waals surface area contributed by atoms with Crippen molar-refractivity contribution in [2.24, 2.45) is 0 Å². The van der Waals surface area contributed by atoms with Gasteiger partial charge < -0.3 is 10.1 Å². The standard InChI is InChI=1S/C22H19N3O4S2/c1-4-29-22(28)18-15-11-31-20(23-19(26)16-9-13(3)10-30-16)17(15)21(27)25(24-18)14-7-5-6-12(2)8-14/h5-11H,4H2,1-3H3,(H,23,26). The number of nitrogens with zero attached hydrogens (tertiary/aromatic N) is 2. The molecule has 0 fully saturated rings. The fourth-order valence-corrected chi connectivity index (χ4v) is 4.87. The quantitative estimate of drug-likeness (QED) is 0.448. The molecule has 3 heterocycles. The first kappa shape index (κ1) is 21.0. The molecule has 1 aromatic carbocycles. The number of amides is 1. The van der Waals surface area contributed by atoms with Crippen LogP contribution in [0.15, 0.2) is 45.9 Å². The van der Waals surface area contributed by atoms with Crippen molar-refractivity contribution >= 4 is 50.3 Å². The first-order valence-electron chi connectivity index (χ1n) is 9.54. The lowest BCUT2D eigenvalue weighted by molar-refractivity contribution is 0.0520. The van der Waals surface area contributed by atoms with E-state index in [4.69, 9.17) is 4.74 Å². The van der Waals surface area contributed by atoms with Crippen LogP contribution in [-0.4, -0.2) is 28.3 Å². The summed E-state index contributed by atoms with van der Waals surface area (Å²) < 4.78 is 6.33. The smallest absolute Gasteiger partial charge is 0.359 e. The van der Waals surface area contributed by atoms with Crippen LogP contribution in [0.3, 0.4) is 0 Å². The number of aryl methyl sites for hydroxylation is 2. The van der Waals surface area contributed by atoms with Crippen LogP contribution in [0.5, 0.6) is 0 Å². The highest BCUT2D eigenvalue weighted by Crippen LogP contribution is 2.31. The average Bonchev–Trinajstić information content (AvgIpc) is 3.35. The van der Waals surface area contributed by atoms with Gasteiger partial charge in [-0.25, -0.2) is 4.79 Å². The number of anilines is 1. The van der Waals surface area contributed by atoms with Crippen LogP contribution in [0.1, 0.15) is 38.2 Å². The van der Waals surface area contributed by atoms with E-state index in [1.54, 1.807) is 30.5 Å². The minimum Gasteiger partial charge on any atom is -0.461 e. The van der Waals surface area contributed by atoms with Crippen LogP contribution in [-0.2, 0) is 4.74 Å². The number of nitrogens with one attached hydrogen (secondary N) is 1. The molecule has 0 saturated heterocycles. The minimum atomic E-state index is -0.626. The van der Waals surface area contributed by atoms with Crippen LogP contribution >= 0.6 is 22.7 Å². The topological polar surface area (TPSA) is 90.3 Å². The molecule has 0 unspecified atom stereocenters. The van der Waals surface area contributed by atoms with Crippen LogP contribution < -0.4 is 10.9 Å². The van der Waals surface area contributed by atoms with Gasteiger partial charge in [-0.2, -0.15) is 9.78 Å². The molecular weight excluding hydrogens is 434 g/mol. The Hall–Kier alpha value is -3.30. The Balaban J connectivity index is 1.90. The average molecular weight is 454 g/mol. The number of ether oxygens (including phenoxy) is 1. The minimum absolute atomic E-state index is 0.0293. The van der Waals surface area contributed by atoms with E-state index in [1.807, 2.05) is 31.4 Å². The summed E-state index contributed by atoms with van der Waals surface area (Å²) in [6.45, 7) is 5.69. The summed E-state index contributed by atoms with van der Waals surface area (Å²) in [5.74, 6) is -0.934. The largest absolute Gasteiger partial charge is 0.461 e. The molecule has 0 aliphatic heterocycles. The Labute approximate surface area is 185 Å². The third-order valence-corrected chi connectivity index (χ3v) is 6.49. The van der Waals surface area contributed by atoms with E-state index in [0.717, 1.165) is 11.1 Å². The molecule has 0 atom stereocenters. The summed E-state index contributed by atoms with van der Waals surface area (Å²) in [4.78, 5) is 39.2. The molecule has 0 aliphatic rings. The highest BCUT2D eigenvalue weighted by Gasteiger charge is 2.23. The SMILES string of the molecule is CCOC(=O)c1nn(-c2cccc(C)c2)c(=O)c2c(NC(=O)c3cc(C)cs3)scc12. The van der Waals surface area contributed by atoms with Crippen molar-refractivity contribution in [2.75, 3.05) is 11.9 Å². The van der Waals surface area contributed by atoms with Gasteiger partial charge in [-0.05, 0) is 55.5 Å². The molecule has 0 radical (unpaired) electrons. The molecule has 158 valence electrons. The molecule has 3 aromatic heterocycles. The van der Waals surface area contributed by atoms with Gasteiger partial charge in [0.2, 0.25) is 0 Å². The third-order valence-electron chi connectivity index (χ3n) is 4.55. The Morgan fingerprint density at radius 3 is 2.61 bits per heavy atom. The fourth-order valence-electron chi connectivity index (χ4n) is 3.14. The Bertz CT molecular complexity index is 1370. The molecule has 1 amide bonds. The monoisotopic (exact) mass is 453 g/mol. The Morgan fingerprint density at radius 1 is 1.13 bits per heavy atom. The first-order valence-corrected chi connectivity index (χ1v) is 11.3. The number of fused-ring (bicyclic) bond motifs is 1. The lowest BCUT2D eigenvalue weighted by atomic mass is 10.2. The highest BCUT2D eigenvalue weighted by molar-refractivity contribution is 7.16. The van der Waals surface area contributed by atoms with Crippen LogP contribution in [0.2, 0.25) is 0 Å². The van der Waals surface area contributed by atoms with Crippen molar-refractivity contribution < 1.29 is 14.3 Å². The van der Waals surface area contributed by atoms with E-state index in [0.29, 0.717) is 21.0 Å². The zero-order chi connectivity index (χ0) is 22.1. The van der Waals surface area contributed by atoms with Gasteiger partial charge in [-0.1, -0.05) is 12.1 Å². The van der Waals surface area contributed by atoms with Crippen LogP contribution in [0, 0.1) is 13.8 Å². The number of carbonyl (C=O) groups excluding carboxylic acids is 2. The highest BCUT2D eigenvalue weighted by atomic mass is 32.1. The first-order chi connectivity index (χ1) is 14.9. The molecule has 0 bridgehead atoms. The van der Waals surface area contributed by atoms with Gasteiger partial charge in [0.1, 0.15) is 5.00 Å². The zero-order valence-corrected chi connectivity index (χ0v) is 18.7. The van der Waals surface area contributed by atoms with Crippen molar-refractivity contribution in [3.05, 3.63) is 73.1 Å². The molecule has 4 aromatic rings. The summed E-state index contributed by atoms with van der Waals surface area (Å²) in [5.41, 5.74) is 2.06. The van der Waals surface area contributed by atoms with E-state index < -0.39 is 11.5 Å². The van der Waals surface area contributed by atoms with Crippen molar-refractivity contribution in [2.45, 2.75) is 20.8 Å². The lowest BCUT2D eigenvalue weighted by Crippen LogP contribution is -2.25. The van der Waals surface area contributed by atoms with Crippen molar-refractivity contribution in [3.8, 4) is 5.69 Å². The molecule has 9 heteroatoms. The molecule has 7 nitrogen and oxygen atoms in total. The maximum atomic E-state index is 13.4. The maximum Gasteiger partial charge on any atom is 0.359 e. The molecule has 1 N–H and O–H groups in total. The number of hydrogen-bond donors (Lipinski definition) is 1. The van der Waals surface area contributed by atoms with Crippen molar-refractivity contribution in [1.82, 2.24) is 9.78 Å². The molecule has 4 rings (SSSR count). The molecule has 0 spiro atoms. The van der Waals surface area contributed by atoms with Gasteiger partial charge in [-0.15, -0.1) is 22.7 Å². The molecule has 31 heavy (non-hydrogen) atoms. The maximum absolute atomic E-state index is 13.4. The number of aromatic nitrogens is 2. The van der Waals surface area contributed by atoms with Crippen molar-refractivity contribution in [3.63, 3.8) is 0 Å². The van der Waals surface area contributed by atoms with Gasteiger partial charge >= 0.3 is 5.97 Å². The third kappa shape index (κ3) is 4.01. The zero-order valence-electron chi connectivity index (χ0n) is 17.1. The van der Waals surface area contributed by atoms with E-state index in [-0.39, 0.29) is 23.6 Å². The Morgan fingerprint density at radius 2 is 1.94 bits per heavy atom. The summed E-state index contributed by atoms with van der Waals surface area (Å²) in [7, 11) is 0. The van der Waals surface area contributed by atoms with Gasteiger partial charge in [-0.3, -0.25) is 9.59 Å². The summed E-state index contributed by atoms with van der Waals surface area (Å²) in [6.07, 6.45) is 0. The fraction of sp³-hybridized carbons (Fsp3) is 0.182. The molecule has 0 saturated carbocycles. The molecule has 0 aliphatic carbocycles. The van der Waals surface area contributed by atoms with E-state index in [2.05, 4.69) is 10.4 Å². The second-order valence-corrected chi connectivity index (χ2v) is 8.71. The molecular formula is C22H19N3O4S2. The van der Waals surface area contributed by atoms with Gasteiger partial charge in [0.05, 0.1) is 22.6 Å². The summed E-state index contributed by atoms with van der Waals surface area (Å²) in [6, 6.07) is 9.03. The van der Waals surface area contributed by atoms with Gasteiger partial charge in [0, 0.05) is 10.8 Å². The van der Waals surface area contributed by atoms with E-state index >= 15 is 0 Å². The van der Waals surface area contributed by atoms with Gasteiger partial charge in [0.15, 0.2) is 5.69 Å². The van der Waals surface area contributed by atoms with E-state index in [9.17, 15) is 14.4 Å². The predicted molar refractivity (Wildman–Crippen MR) is 123 cm³/mol. The Kier molecular flexibility index (Phi) is 5.71. The lowest BCUT2D eigenvalue weighted by Gasteiger charge is -2.10. The summed E-state index contributed by atoms with van der Waals surface area (Å²) >= 11 is 2.50. The number of rotatable bonds is 5. The van der Waals surface area contributed by atoms with Crippen LogP contribution in [0.4, 0.5) is 5.00 Å². The van der Waals surface area contributed by atoms with E-state index in [1.165, 1.54) is 27.4 Å². The van der Waals surface area contributed by atoms with Gasteiger partial charge in [0.25, 0.3) is 11.5 Å². The summed E-state index contributed by atoms with van der Waals surface area (Å²) in [5, 5.41) is 11.6.